The van der Waals surface area contributed by atoms with Crippen LogP contribution in [0.25, 0.3) is 0 Å². The molecule has 2 unspecified atom stereocenters. The number of benzene rings is 1. The summed E-state index contributed by atoms with van der Waals surface area (Å²) < 4.78 is 6.45. The van der Waals surface area contributed by atoms with Crippen LogP contribution < -0.4 is 5.73 Å². The summed E-state index contributed by atoms with van der Waals surface area (Å²) in [5.41, 5.74) is 4.60. The SMILES string of the molecule is CN(C)C(N)(O)COC(O)(c1c(O)c(O)c(O)c(O)c1O)c1ccnn1C. The van der Waals surface area contributed by atoms with Gasteiger partial charge in [-0.1, -0.05) is 0 Å². The highest BCUT2D eigenvalue weighted by molar-refractivity contribution is 5.69. The van der Waals surface area contributed by atoms with Gasteiger partial charge in [0.2, 0.25) is 23.0 Å². The van der Waals surface area contributed by atoms with Crippen LogP contribution >= 0.6 is 0 Å². The first-order valence-electron chi connectivity index (χ1n) is 7.57. The summed E-state index contributed by atoms with van der Waals surface area (Å²) in [7, 11) is 4.26. The summed E-state index contributed by atoms with van der Waals surface area (Å²) in [5, 5.41) is 74.7. The number of phenolic OH excluding ortho intramolecular Hbond substituents is 5. The molecule has 1 heterocycles. The molecule has 2 atom stereocenters. The van der Waals surface area contributed by atoms with Crippen molar-refractivity contribution in [1.82, 2.24) is 14.7 Å². The van der Waals surface area contributed by atoms with Crippen molar-refractivity contribution in [1.29, 1.82) is 0 Å². The van der Waals surface area contributed by atoms with Gasteiger partial charge in [-0.25, -0.2) is 0 Å². The zero-order valence-corrected chi connectivity index (χ0v) is 14.8. The Morgan fingerprint density at radius 2 is 1.52 bits per heavy atom. The van der Waals surface area contributed by atoms with E-state index < -0.39 is 52.6 Å². The highest BCUT2D eigenvalue weighted by atomic mass is 16.6. The molecule has 0 saturated heterocycles. The van der Waals surface area contributed by atoms with E-state index in [1.54, 1.807) is 0 Å². The van der Waals surface area contributed by atoms with E-state index >= 15 is 0 Å². The molecule has 0 aliphatic rings. The average molecular weight is 386 g/mol. The molecular weight excluding hydrogens is 364 g/mol. The molecule has 150 valence electrons. The lowest BCUT2D eigenvalue weighted by Crippen LogP contribution is -2.57. The van der Waals surface area contributed by atoms with Crippen LogP contribution in [0.2, 0.25) is 0 Å². The number of aliphatic hydroxyl groups is 2. The van der Waals surface area contributed by atoms with Crippen LogP contribution in [0.5, 0.6) is 28.7 Å². The Hall–Kier alpha value is -2.77. The van der Waals surface area contributed by atoms with Gasteiger partial charge in [-0.2, -0.15) is 5.10 Å². The van der Waals surface area contributed by atoms with E-state index in [0.717, 1.165) is 4.68 Å². The summed E-state index contributed by atoms with van der Waals surface area (Å²) in [6.45, 7) is -0.747. The molecule has 0 spiro atoms. The lowest BCUT2D eigenvalue weighted by atomic mass is 9.98. The third kappa shape index (κ3) is 3.31. The minimum atomic E-state index is -2.74. The van der Waals surface area contributed by atoms with Gasteiger partial charge in [0.05, 0.1) is 0 Å². The van der Waals surface area contributed by atoms with Crippen molar-refractivity contribution in [2.45, 2.75) is 11.6 Å². The number of nitrogens with two attached hydrogens (primary N) is 1. The number of ether oxygens (including phenoxy) is 1. The van der Waals surface area contributed by atoms with Crippen molar-refractivity contribution in [3.8, 4) is 28.7 Å². The van der Waals surface area contributed by atoms with E-state index in [1.807, 2.05) is 0 Å². The number of aromatic hydroxyl groups is 5. The van der Waals surface area contributed by atoms with Crippen molar-refractivity contribution >= 4 is 0 Å². The molecule has 0 bridgehead atoms. The summed E-state index contributed by atoms with van der Waals surface area (Å²) in [6.07, 6.45) is 1.26. The van der Waals surface area contributed by atoms with Gasteiger partial charge in [0.25, 0.3) is 0 Å². The van der Waals surface area contributed by atoms with Crippen LogP contribution in [-0.4, -0.2) is 77.0 Å². The molecule has 2 rings (SSSR count). The summed E-state index contributed by atoms with van der Waals surface area (Å²) in [5.74, 6) is -10.8. The molecule has 0 radical (unpaired) electrons. The zero-order chi connectivity index (χ0) is 20.7. The van der Waals surface area contributed by atoms with Crippen molar-refractivity contribution in [2.75, 3.05) is 20.7 Å². The standard InChI is InChI=1S/C15H22N4O8/c1-18(2)14(16,25)6-27-15(26,7-4-5-17-19(7)3)8-9(20)11(22)13(24)12(23)10(8)21/h4-5,20-26H,6,16H2,1-3H3. The van der Waals surface area contributed by atoms with E-state index in [-0.39, 0.29) is 5.69 Å². The molecular formula is C15H22N4O8. The number of hydrogen-bond acceptors (Lipinski definition) is 11. The molecule has 1 aromatic carbocycles. The number of phenols is 5. The number of nitrogens with zero attached hydrogens (tertiary/aromatic N) is 3. The van der Waals surface area contributed by atoms with Crippen LogP contribution in [0.1, 0.15) is 11.3 Å². The van der Waals surface area contributed by atoms with Crippen molar-refractivity contribution in [3.63, 3.8) is 0 Å². The Kier molecular flexibility index (Phi) is 5.14. The first-order chi connectivity index (χ1) is 12.3. The maximum absolute atomic E-state index is 11.2. The van der Waals surface area contributed by atoms with Crippen molar-refractivity contribution in [3.05, 3.63) is 23.5 Å². The van der Waals surface area contributed by atoms with E-state index in [0.29, 0.717) is 0 Å². The Morgan fingerprint density at radius 3 is 1.93 bits per heavy atom. The highest BCUT2D eigenvalue weighted by Gasteiger charge is 2.45. The van der Waals surface area contributed by atoms with Crippen molar-refractivity contribution in [2.24, 2.45) is 12.8 Å². The Labute approximate surface area is 153 Å². The van der Waals surface area contributed by atoms with Gasteiger partial charge in [0, 0.05) is 13.2 Å². The van der Waals surface area contributed by atoms with Crippen molar-refractivity contribution < 1.29 is 40.5 Å². The Balaban J connectivity index is 2.71. The molecule has 27 heavy (non-hydrogen) atoms. The smallest absolute Gasteiger partial charge is 0.244 e. The molecule has 0 saturated carbocycles. The number of hydrogen-bond donors (Lipinski definition) is 8. The van der Waals surface area contributed by atoms with E-state index in [4.69, 9.17) is 10.5 Å². The van der Waals surface area contributed by atoms with Gasteiger partial charge >= 0.3 is 0 Å². The molecule has 12 nitrogen and oxygen atoms in total. The molecule has 12 heteroatoms. The molecule has 0 amide bonds. The van der Waals surface area contributed by atoms with Crippen LogP contribution in [-0.2, 0) is 17.6 Å². The van der Waals surface area contributed by atoms with Gasteiger partial charge in [-0.3, -0.25) is 15.3 Å². The summed E-state index contributed by atoms with van der Waals surface area (Å²) >= 11 is 0. The summed E-state index contributed by atoms with van der Waals surface area (Å²) in [6, 6.07) is 1.26. The molecule has 9 N–H and O–H groups in total. The number of aryl methyl sites for hydroxylation is 1. The number of likely N-dealkylation sites (N-methyl/N-ethyl adjacent to an activating group) is 1. The average Bonchev–Trinajstić information content (AvgIpc) is 3.03. The van der Waals surface area contributed by atoms with E-state index in [1.165, 1.54) is 38.3 Å². The third-order valence-corrected chi connectivity index (χ3v) is 4.15. The quantitative estimate of drug-likeness (QED) is 0.160. The maximum Gasteiger partial charge on any atom is 0.244 e. The van der Waals surface area contributed by atoms with Gasteiger partial charge in [0.1, 0.15) is 17.9 Å². The second kappa shape index (κ2) is 6.75. The topological polar surface area (TPSA) is 198 Å². The zero-order valence-electron chi connectivity index (χ0n) is 14.8. The predicted molar refractivity (Wildman–Crippen MR) is 89.7 cm³/mol. The minimum Gasteiger partial charge on any atom is -0.504 e. The first-order valence-corrected chi connectivity index (χ1v) is 7.57. The lowest BCUT2D eigenvalue weighted by molar-refractivity contribution is -0.237. The van der Waals surface area contributed by atoms with Gasteiger partial charge < -0.3 is 40.5 Å². The summed E-state index contributed by atoms with van der Waals surface area (Å²) in [4.78, 5) is 1.17. The van der Waals surface area contributed by atoms with E-state index in [2.05, 4.69) is 5.10 Å². The van der Waals surface area contributed by atoms with Gasteiger partial charge in [0.15, 0.2) is 17.3 Å². The molecule has 1 aromatic heterocycles. The maximum atomic E-state index is 11.2. The normalized spacial score (nSPS) is 16.3. The highest BCUT2D eigenvalue weighted by Crippen LogP contribution is 2.55. The Bertz CT molecular complexity index is 822. The fourth-order valence-corrected chi connectivity index (χ4v) is 2.33. The van der Waals surface area contributed by atoms with Crippen LogP contribution in [0, 0.1) is 0 Å². The van der Waals surface area contributed by atoms with Crippen LogP contribution in [0.3, 0.4) is 0 Å². The molecule has 0 aliphatic carbocycles. The fraction of sp³-hybridized carbons (Fsp3) is 0.400. The second-order valence-corrected chi connectivity index (χ2v) is 6.16. The molecule has 0 fully saturated rings. The lowest BCUT2D eigenvalue weighted by Gasteiger charge is -2.35. The fourth-order valence-electron chi connectivity index (χ4n) is 2.33. The predicted octanol–water partition coefficient (Wildman–Crippen LogP) is -1.68. The second-order valence-electron chi connectivity index (χ2n) is 6.16. The molecule has 0 aliphatic heterocycles. The van der Waals surface area contributed by atoms with Crippen LogP contribution in [0.15, 0.2) is 12.3 Å². The molecule has 2 aromatic rings. The number of rotatable bonds is 6. The third-order valence-electron chi connectivity index (χ3n) is 4.15. The monoisotopic (exact) mass is 386 g/mol. The van der Waals surface area contributed by atoms with E-state index in [9.17, 15) is 35.7 Å². The largest absolute Gasteiger partial charge is 0.504 e. The van der Waals surface area contributed by atoms with Crippen LogP contribution in [0.4, 0.5) is 0 Å². The minimum absolute atomic E-state index is 0.160. The first kappa shape index (κ1) is 20.5. The van der Waals surface area contributed by atoms with Gasteiger partial charge in [-0.05, 0) is 20.2 Å². The number of aromatic nitrogens is 2. The van der Waals surface area contributed by atoms with Gasteiger partial charge in [-0.15, -0.1) is 0 Å². The Morgan fingerprint density at radius 1 is 1.04 bits per heavy atom.